The van der Waals surface area contributed by atoms with E-state index in [0.29, 0.717) is 13.1 Å². The molecule has 26 heavy (non-hydrogen) atoms. The van der Waals surface area contributed by atoms with E-state index < -0.39 is 0 Å². The number of hydrogen-bond acceptors (Lipinski definition) is 5. The summed E-state index contributed by atoms with van der Waals surface area (Å²) in [6.07, 6.45) is 1.71. The summed E-state index contributed by atoms with van der Waals surface area (Å²) in [6, 6.07) is 10.1. The van der Waals surface area contributed by atoms with Crippen molar-refractivity contribution in [2.45, 2.75) is 19.9 Å². The van der Waals surface area contributed by atoms with Crippen LogP contribution in [0.4, 0.5) is 15.7 Å². The fourth-order valence-electron chi connectivity index (χ4n) is 3.11. The van der Waals surface area contributed by atoms with Gasteiger partial charge in [0.05, 0.1) is 16.4 Å². The Morgan fingerprint density at radius 2 is 1.92 bits per heavy atom. The molecule has 8 heteroatoms. The van der Waals surface area contributed by atoms with Crippen LogP contribution in [0, 0.1) is 0 Å². The molecular formula is C18H22N6OS. The van der Waals surface area contributed by atoms with Gasteiger partial charge in [-0.1, -0.05) is 23.5 Å². The minimum absolute atomic E-state index is 0.0728. The van der Waals surface area contributed by atoms with E-state index >= 15 is 0 Å². The number of anilines is 2. The lowest BCUT2D eigenvalue weighted by molar-refractivity contribution is 0.208. The van der Waals surface area contributed by atoms with Crippen molar-refractivity contribution in [3.63, 3.8) is 0 Å². The van der Waals surface area contributed by atoms with E-state index in [-0.39, 0.29) is 12.1 Å². The van der Waals surface area contributed by atoms with Gasteiger partial charge in [0.2, 0.25) is 0 Å². The van der Waals surface area contributed by atoms with Gasteiger partial charge in [0, 0.05) is 38.3 Å². The Bertz CT molecular complexity index is 876. The molecule has 1 aliphatic rings. The van der Waals surface area contributed by atoms with Crippen LogP contribution < -0.4 is 10.2 Å². The number of fused-ring (bicyclic) bond motifs is 1. The molecule has 4 rings (SSSR count). The van der Waals surface area contributed by atoms with Gasteiger partial charge in [-0.2, -0.15) is 5.10 Å². The van der Waals surface area contributed by atoms with Crippen LogP contribution >= 0.6 is 11.3 Å². The smallest absolute Gasteiger partial charge is 0.323 e. The average molecular weight is 370 g/mol. The third-order valence-corrected chi connectivity index (χ3v) is 5.61. The van der Waals surface area contributed by atoms with Crippen molar-refractivity contribution in [1.29, 1.82) is 0 Å². The van der Waals surface area contributed by atoms with Crippen LogP contribution in [0.3, 0.4) is 0 Å². The van der Waals surface area contributed by atoms with Gasteiger partial charge in [-0.15, -0.1) is 0 Å². The lowest BCUT2D eigenvalue weighted by atomic mass is 10.3. The maximum atomic E-state index is 12.6. The molecule has 0 bridgehead atoms. The second-order valence-electron chi connectivity index (χ2n) is 6.62. The standard InChI is InChI=1S/C18H22N6OS/c1-13(2)24-16(7-8-19-24)21-17(25)22-9-11-23(12-10-22)18-20-14-5-3-4-6-15(14)26-18/h3-8,13H,9-12H2,1-2H3,(H,21,25). The van der Waals surface area contributed by atoms with E-state index in [4.69, 9.17) is 4.98 Å². The fraction of sp³-hybridized carbons (Fsp3) is 0.389. The topological polar surface area (TPSA) is 66.3 Å². The van der Waals surface area contributed by atoms with Crippen molar-refractivity contribution in [2.75, 3.05) is 36.4 Å². The van der Waals surface area contributed by atoms with Gasteiger partial charge >= 0.3 is 6.03 Å². The van der Waals surface area contributed by atoms with Crippen molar-refractivity contribution < 1.29 is 4.79 Å². The number of rotatable bonds is 3. The largest absolute Gasteiger partial charge is 0.345 e. The number of nitrogens with zero attached hydrogens (tertiary/aromatic N) is 5. The molecule has 1 aliphatic heterocycles. The maximum absolute atomic E-state index is 12.6. The molecule has 0 atom stereocenters. The molecule has 1 saturated heterocycles. The highest BCUT2D eigenvalue weighted by Gasteiger charge is 2.24. The third kappa shape index (κ3) is 3.24. The number of thiazole rings is 1. The van der Waals surface area contributed by atoms with Crippen LogP contribution in [-0.4, -0.2) is 51.9 Å². The number of nitrogens with one attached hydrogen (secondary N) is 1. The number of amides is 2. The minimum Gasteiger partial charge on any atom is -0.345 e. The van der Waals surface area contributed by atoms with Gasteiger partial charge in [-0.3, -0.25) is 5.32 Å². The number of hydrogen-bond donors (Lipinski definition) is 1. The van der Waals surface area contributed by atoms with Crippen molar-refractivity contribution >= 4 is 38.5 Å². The molecule has 0 aliphatic carbocycles. The quantitative estimate of drug-likeness (QED) is 0.767. The van der Waals surface area contributed by atoms with Crippen molar-refractivity contribution in [3.05, 3.63) is 36.5 Å². The SMILES string of the molecule is CC(C)n1nccc1NC(=O)N1CCN(c2nc3ccccc3s2)CC1. The molecule has 2 amide bonds. The Morgan fingerprint density at radius 3 is 2.65 bits per heavy atom. The first kappa shape index (κ1) is 16.8. The number of urea groups is 1. The molecule has 3 aromatic rings. The van der Waals surface area contributed by atoms with Crippen LogP contribution in [0.15, 0.2) is 36.5 Å². The summed E-state index contributed by atoms with van der Waals surface area (Å²) in [5, 5.41) is 8.26. The number of piperazine rings is 1. The molecule has 1 fully saturated rings. The summed E-state index contributed by atoms with van der Waals surface area (Å²) in [6.45, 7) is 7.02. The normalized spacial score (nSPS) is 15.0. The highest BCUT2D eigenvalue weighted by molar-refractivity contribution is 7.22. The maximum Gasteiger partial charge on any atom is 0.323 e. The zero-order chi connectivity index (χ0) is 18.1. The Kier molecular flexibility index (Phi) is 4.50. The number of para-hydroxylation sites is 1. The third-order valence-electron chi connectivity index (χ3n) is 4.51. The Balaban J connectivity index is 1.38. The summed E-state index contributed by atoms with van der Waals surface area (Å²) in [7, 11) is 0. The van der Waals surface area contributed by atoms with E-state index in [0.717, 1.165) is 29.6 Å². The van der Waals surface area contributed by atoms with Crippen LogP contribution in [0.5, 0.6) is 0 Å². The van der Waals surface area contributed by atoms with Gasteiger partial charge in [0.15, 0.2) is 5.13 Å². The van der Waals surface area contributed by atoms with Gasteiger partial charge in [-0.05, 0) is 26.0 Å². The molecule has 0 spiro atoms. The fourth-order valence-corrected chi connectivity index (χ4v) is 4.13. The molecule has 0 saturated carbocycles. The molecule has 3 heterocycles. The summed E-state index contributed by atoms with van der Waals surface area (Å²) in [4.78, 5) is 21.4. The van der Waals surface area contributed by atoms with Crippen molar-refractivity contribution in [1.82, 2.24) is 19.7 Å². The van der Waals surface area contributed by atoms with Gasteiger partial charge in [0.25, 0.3) is 0 Å². The van der Waals surface area contributed by atoms with Crippen molar-refractivity contribution in [2.24, 2.45) is 0 Å². The molecule has 136 valence electrons. The van der Waals surface area contributed by atoms with Crippen LogP contribution in [0.1, 0.15) is 19.9 Å². The number of aromatic nitrogens is 3. The number of carbonyl (C=O) groups is 1. The average Bonchev–Trinajstić information content (AvgIpc) is 3.28. The molecule has 0 unspecified atom stereocenters. The van der Waals surface area contributed by atoms with Crippen LogP contribution in [0.25, 0.3) is 10.2 Å². The minimum atomic E-state index is -0.0728. The lowest BCUT2D eigenvalue weighted by Gasteiger charge is -2.34. The summed E-state index contributed by atoms with van der Waals surface area (Å²) in [5.74, 6) is 0.735. The Hall–Kier alpha value is -2.61. The highest BCUT2D eigenvalue weighted by atomic mass is 32.1. The molecule has 7 nitrogen and oxygen atoms in total. The van der Waals surface area contributed by atoms with Crippen molar-refractivity contribution in [3.8, 4) is 0 Å². The molecule has 0 radical (unpaired) electrons. The summed E-state index contributed by atoms with van der Waals surface area (Å²) < 4.78 is 3.01. The lowest BCUT2D eigenvalue weighted by Crippen LogP contribution is -2.50. The summed E-state index contributed by atoms with van der Waals surface area (Å²) >= 11 is 1.71. The molecular weight excluding hydrogens is 348 g/mol. The van der Waals surface area contributed by atoms with E-state index in [1.165, 1.54) is 4.70 Å². The zero-order valence-corrected chi connectivity index (χ0v) is 15.7. The Morgan fingerprint density at radius 1 is 1.15 bits per heavy atom. The second-order valence-corrected chi connectivity index (χ2v) is 7.63. The molecule has 2 aromatic heterocycles. The van der Waals surface area contributed by atoms with E-state index in [9.17, 15) is 4.79 Å². The first-order valence-electron chi connectivity index (χ1n) is 8.82. The highest BCUT2D eigenvalue weighted by Crippen LogP contribution is 2.29. The van der Waals surface area contributed by atoms with Gasteiger partial charge in [-0.25, -0.2) is 14.5 Å². The van der Waals surface area contributed by atoms with Gasteiger partial charge < -0.3 is 9.80 Å². The van der Waals surface area contributed by atoms with E-state index in [2.05, 4.69) is 21.4 Å². The number of carbonyl (C=O) groups excluding carboxylic acids is 1. The first-order chi connectivity index (χ1) is 12.6. The van der Waals surface area contributed by atoms with Crippen LogP contribution in [-0.2, 0) is 0 Å². The predicted octanol–water partition coefficient (Wildman–Crippen LogP) is 3.43. The Labute approximate surface area is 156 Å². The summed E-state index contributed by atoms with van der Waals surface area (Å²) in [5.41, 5.74) is 1.04. The first-order valence-corrected chi connectivity index (χ1v) is 9.63. The monoisotopic (exact) mass is 370 g/mol. The predicted molar refractivity (Wildman–Crippen MR) is 105 cm³/mol. The molecule has 1 N–H and O–H groups in total. The molecule has 1 aromatic carbocycles. The second kappa shape index (κ2) is 6.95. The van der Waals surface area contributed by atoms with Gasteiger partial charge in [0.1, 0.15) is 5.82 Å². The van der Waals surface area contributed by atoms with Crippen LogP contribution in [0.2, 0.25) is 0 Å². The van der Waals surface area contributed by atoms with E-state index in [1.54, 1.807) is 17.5 Å². The zero-order valence-electron chi connectivity index (χ0n) is 14.9. The number of benzene rings is 1. The van der Waals surface area contributed by atoms with E-state index in [1.807, 2.05) is 47.7 Å².